The number of amides is 1. The largest absolute Gasteiger partial charge is 0.462 e. The van der Waals surface area contributed by atoms with Crippen molar-refractivity contribution in [3.8, 4) is 12.3 Å². The van der Waals surface area contributed by atoms with Crippen LogP contribution in [0.2, 0.25) is 0 Å². The van der Waals surface area contributed by atoms with Gasteiger partial charge in [0, 0.05) is 7.05 Å². The molecule has 112 valence electrons. The van der Waals surface area contributed by atoms with E-state index in [1.54, 1.807) is 20.8 Å². The molecule has 4 heteroatoms. The number of esters is 1. The molecule has 4 nitrogen and oxygen atoms in total. The molecule has 0 radical (unpaired) electrons. The number of nitrogens with one attached hydrogen (secondary N) is 1. The van der Waals surface area contributed by atoms with Crippen LogP contribution in [0.25, 0.3) is 5.57 Å². The fourth-order valence-corrected chi connectivity index (χ4v) is 1.58. The third-order valence-electron chi connectivity index (χ3n) is 2.52. The summed E-state index contributed by atoms with van der Waals surface area (Å²) in [6.07, 6.45) is 4.60. The number of hydrogen-bond acceptors (Lipinski definition) is 3. The van der Waals surface area contributed by atoms with Gasteiger partial charge in [-0.3, -0.25) is 4.79 Å². The minimum Gasteiger partial charge on any atom is -0.462 e. The van der Waals surface area contributed by atoms with Crippen molar-refractivity contribution in [2.75, 3.05) is 13.7 Å². The minimum atomic E-state index is -0.599. The number of carbonyl (C=O) groups excluding carboxylic acids is 2. The third kappa shape index (κ3) is 5.96. The maximum absolute atomic E-state index is 11.8. The molecule has 0 heterocycles. The van der Waals surface area contributed by atoms with Gasteiger partial charge in [0.1, 0.15) is 5.57 Å². The first kappa shape index (κ1) is 18.5. The maximum Gasteiger partial charge on any atom is 0.344 e. The van der Waals surface area contributed by atoms with Crippen LogP contribution >= 0.6 is 0 Å². The van der Waals surface area contributed by atoms with Gasteiger partial charge in [-0.25, -0.2) is 4.79 Å². The number of hydrogen-bond donors (Lipinski definition) is 1. The zero-order valence-corrected chi connectivity index (χ0v) is 12.9. The molecule has 1 aromatic carbocycles. The fraction of sp³-hybridized carbons (Fsp3) is 0.294. The van der Waals surface area contributed by atoms with Crippen LogP contribution < -0.4 is 5.32 Å². The molecule has 0 saturated heterocycles. The molecule has 0 bridgehead atoms. The van der Waals surface area contributed by atoms with Crippen LogP contribution in [0, 0.1) is 12.3 Å². The summed E-state index contributed by atoms with van der Waals surface area (Å²) >= 11 is 0. The predicted molar refractivity (Wildman–Crippen MR) is 84.2 cm³/mol. The van der Waals surface area contributed by atoms with Crippen LogP contribution in [0.15, 0.2) is 35.9 Å². The average Bonchev–Trinajstić information content (AvgIpc) is 2.49. The molecule has 0 fully saturated rings. The van der Waals surface area contributed by atoms with E-state index in [9.17, 15) is 9.59 Å². The second-order valence-corrected chi connectivity index (χ2v) is 3.95. The quantitative estimate of drug-likeness (QED) is 0.304. The zero-order valence-electron chi connectivity index (χ0n) is 12.9. The van der Waals surface area contributed by atoms with Crippen LogP contribution in [0.4, 0.5) is 0 Å². The highest BCUT2D eigenvalue weighted by Crippen LogP contribution is 2.19. The molecule has 0 aliphatic heterocycles. The molecule has 1 N–H and O–H groups in total. The third-order valence-corrected chi connectivity index (χ3v) is 2.52. The van der Waals surface area contributed by atoms with E-state index in [1.165, 1.54) is 7.05 Å². The lowest BCUT2D eigenvalue weighted by Crippen LogP contribution is -2.27. The van der Waals surface area contributed by atoms with E-state index in [4.69, 9.17) is 4.74 Å². The molecule has 21 heavy (non-hydrogen) atoms. The Labute approximate surface area is 126 Å². The van der Waals surface area contributed by atoms with Crippen molar-refractivity contribution in [1.82, 2.24) is 5.32 Å². The first-order valence-electron chi connectivity index (χ1n) is 6.56. The molecule has 0 saturated carbocycles. The summed E-state index contributed by atoms with van der Waals surface area (Å²) in [5, 5.41) is 2.46. The van der Waals surface area contributed by atoms with Gasteiger partial charge in [0.25, 0.3) is 5.91 Å². The van der Waals surface area contributed by atoms with E-state index in [1.807, 2.05) is 30.3 Å². The first-order chi connectivity index (χ1) is 10.0. The number of likely N-dealkylation sites (N-methyl/N-ethyl adjacent to an activating group) is 1. The van der Waals surface area contributed by atoms with E-state index in [2.05, 4.69) is 17.7 Å². The molecule has 0 atom stereocenters. The van der Waals surface area contributed by atoms with Crippen molar-refractivity contribution >= 4 is 17.4 Å². The first-order valence-corrected chi connectivity index (χ1v) is 6.56. The Morgan fingerprint density at radius 3 is 2.24 bits per heavy atom. The summed E-state index contributed by atoms with van der Waals surface area (Å²) in [6.45, 7) is 5.33. The molecule has 0 aliphatic rings. The van der Waals surface area contributed by atoms with Crippen molar-refractivity contribution in [3.63, 3.8) is 0 Å². The number of ether oxygens (including phenoxy) is 1. The van der Waals surface area contributed by atoms with Gasteiger partial charge in [0.2, 0.25) is 0 Å². The van der Waals surface area contributed by atoms with Gasteiger partial charge in [-0.2, -0.15) is 0 Å². The zero-order chi connectivity index (χ0) is 16.3. The van der Waals surface area contributed by atoms with E-state index in [0.717, 1.165) is 5.56 Å². The number of rotatable bonds is 4. The van der Waals surface area contributed by atoms with Crippen LogP contribution in [0.1, 0.15) is 26.3 Å². The molecular weight excluding hydrogens is 266 g/mol. The molecule has 0 aliphatic carbocycles. The Hall–Kier alpha value is -2.54. The molecule has 1 aromatic rings. The average molecular weight is 287 g/mol. The van der Waals surface area contributed by atoms with Gasteiger partial charge in [0.15, 0.2) is 0 Å². The SMILES string of the molecule is C#CC.CCOC(=O)/C(C(=O)NC)=C(/C)c1ccccc1. The summed E-state index contributed by atoms with van der Waals surface area (Å²) in [6, 6.07) is 9.27. The summed E-state index contributed by atoms with van der Waals surface area (Å²) in [7, 11) is 1.49. The summed E-state index contributed by atoms with van der Waals surface area (Å²) < 4.78 is 4.91. The van der Waals surface area contributed by atoms with E-state index in [-0.39, 0.29) is 12.2 Å². The highest BCUT2D eigenvalue weighted by Gasteiger charge is 2.22. The lowest BCUT2D eigenvalue weighted by atomic mass is 10.0. The predicted octanol–water partition coefficient (Wildman–Crippen LogP) is 2.41. The molecular formula is C17H21NO3. The standard InChI is InChI=1S/C14H17NO3.C3H4/c1-4-18-14(17)12(13(16)15-3)10(2)11-8-6-5-7-9-11;1-3-2/h5-9H,4H2,1-3H3,(H,15,16);1H,2H3/b12-10-;. The monoisotopic (exact) mass is 287 g/mol. The number of benzene rings is 1. The highest BCUT2D eigenvalue weighted by molar-refractivity contribution is 6.21. The van der Waals surface area contributed by atoms with Crippen LogP contribution in [-0.2, 0) is 14.3 Å². The van der Waals surface area contributed by atoms with Crippen molar-refractivity contribution < 1.29 is 14.3 Å². The molecule has 1 rings (SSSR count). The summed E-state index contributed by atoms with van der Waals surface area (Å²) in [5.41, 5.74) is 1.48. The van der Waals surface area contributed by atoms with Gasteiger partial charge in [-0.05, 0) is 31.9 Å². The Balaban J connectivity index is 0.00000122. The van der Waals surface area contributed by atoms with E-state index >= 15 is 0 Å². The molecule has 0 aromatic heterocycles. The maximum atomic E-state index is 11.8. The minimum absolute atomic E-state index is 0.0468. The Bertz CT molecular complexity index is 539. The van der Waals surface area contributed by atoms with Gasteiger partial charge in [-0.15, -0.1) is 12.3 Å². The van der Waals surface area contributed by atoms with Crippen LogP contribution in [0.3, 0.4) is 0 Å². The number of carbonyl (C=O) groups is 2. The van der Waals surface area contributed by atoms with Gasteiger partial charge in [0.05, 0.1) is 6.61 Å². The fourth-order valence-electron chi connectivity index (χ4n) is 1.58. The Morgan fingerprint density at radius 2 is 1.81 bits per heavy atom. The van der Waals surface area contributed by atoms with E-state index in [0.29, 0.717) is 5.57 Å². The smallest absolute Gasteiger partial charge is 0.344 e. The van der Waals surface area contributed by atoms with Gasteiger partial charge >= 0.3 is 5.97 Å². The van der Waals surface area contributed by atoms with Crippen molar-refractivity contribution in [2.45, 2.75) is 20.8 Å². The highest BCUT2D eigenvalue weighted by atomic mass is 16.5. The van der Waals surface area contributed by atoms with Gasteiger partial charge < -0.3 is 10.1 Å². The van der Waals surface area contributed by atoms with Crippen molar-refractivity contribution in [2.24, 2.45) is 0 Å². The second kappa shape index (κ2) is 10.3. The van der Waals surface area contributed by atoms with E-state index < -0.39 is 11.9 Å². The lowest BCUT2D eigenvalue weighted by Gasteiger charge is -2.10. The topological polar surface area (TPSA) is 55.4 Å². The van der Waals surface area contributed by atoms with Crippen LogP contribution in [-0.4, -0.2) is 25.5 Å². The van der Waals surface area contributed by atoms with Gasteiger partial charge in [-0.1, -0.05) is 30.3 Å². The van der Waals surface area contributed by atoms with Crippen LogP contribution in [0.5, 0.6) is 0 Å². The second-order valence-electron chi connectivity index (χ2n) is 3.95. The molecule has 0 spiro atoms. The Morgan fingerprint density at radius 1 is 1.29 bits per heavy atom. The molecule has 0 unspecified atom stereocenters. The number of terminal acetylenes is 1. The normalized spacial score (nSPS) is 10.2. The van der Waals surface area contributed by atoms with Crippen molar-refractivity contribution in [1.29, 1.82) is 0 Å². The number of allylic oxidation sites excluding steroid dienone is 1. The summed E-state index contributed by atoms with van der Waals surface area (Å²) in [5.74, 6) is 1.22. The Kier molecular flexibility index (Phi) is 9.03. The molecule has 1 amide bonds. The lowest BCUT2D eigenvalue weighted by molar-refractivity contribution is -0.140. The van der Waals surface area contributed by atoms with Crippen molar-refractivity contribution in [3.05, 3.63) is 41.5 Å². The summed E-state index contributed by atoms with van der Waals surface area (Å²) in [4.78, 5) is 23.6.